The summed E-state index contributed by atoms with van der Waals surface area (Å²) in [5, 5.41) is 9.22. The number of hydrogen-bond donors (Lipinski definition) is 0. The highest BCUT2D eigenvalue weighted by Crippen LogP contribution is 2.28. The number of ether oxygens (including phenoxy) is 1. The number of nitriles is 1. The molecule has 0 fully saturated rings. The molecule has 0 saturated heterocycles. The molecule has 0 spiro atoms. The molecular weight excluding hydrogens is 214 g/mol. The number of Topliss-reactive ketones (excluding diaryl/α,β-unsaturated/α-hetero) is 1. The fourth-order valence-electron chi connectivity index (χ4n) is 1.26. The number of ketones is 1. The highest BCUT2D eigenvalue weighted by molar-refractivity contribution is 6.32. The maximum atomic E-state index is 11.1. The van der Waals surface area contributed by atoms with Gasteiger partial charge in [0.25, 0.3) is 0 Å². The van der Waals surface area contributed by atoms with Gasteiger partial charge in [-0.25, -0.2) is 0 Å². The second-order valence-electron chi connectivity index (χ2n) is 3.07. The zero-order chi connectivity index (χ0) is 11.4. The average Bonchev–Trinajstić information content (AvgIpc) is 2.18. The number of benzene rings is 1. The number of rotatable bonds is 3. The highest BCUT2D eigenvalue weighted by Gasteiger charge is 2.16. The molecule has 4 heteroatoms. The summed E-state index contributed by atoms with van der Waals surface area (Å²) >= 11 is 5.89. The van der Waals surface area contributed by atoms with Crippen LogP contribution in [0.4, 0.5) is 0 Å². The molecule has 1 unspecified atom stereocenters. The molecule has 0 N–H and O–H groups in total. The molecule has 78 valence electrons. The van der Waals surface area contributed by atoms with Crippen molar-refractivity contribution in [1.29, 1.82) is 5.26 Å². The van der Waals surface area contributed by atoms with Crippen molar-refractivity contribution in [3.63, 3.8) is 0 Å². The smallest absolute Gasteiger partial charge is 0.151 e. The van der Waals surface area contributed by atoms with Crippen LogP contribution in [-0.4, -0.2) is 12.9 Å². The summed E-state index contributed by atoms with van der Waals surface area (Å²) in [5.74, 6) is -0.423. The van der Waals surface area contributed by atoms with E-state index in [4.69, 9.17) is 21.6 Å². The third-order valence-corrected chi connectivity index (χ3v) is 2.34. The molecule has 0 aliphatic carbocycles. The Morgan fingerprint density at radius 1 is 1.60 bits per heavy atom. The molecule has 0 saturated carbocycles. The third-order valence-electron chi connectivity index (χ3n) is 2.04. The second-order valence-corrected chi connectivity index (χ2v) is 3.47. The van der Waals surface area contributed by atoms with Crippen LogP contribution in [0.1, 0.15) is 18.4 Å². The Labute approximate surface area is 93.2 Å². The van der Waals surface area contributed by atoms with Gasteiger partial charge in [-0.05, 0) is 24.6 Å². The first-order valence-corrected chi connectivity index (χ1v) is 4.71. The minimum Gasteiger partial charge on any atom is -0.495 e. The molecule has 0 aliphatic rings. The van der Waals surface area contributed by atoms with Crippen LogP contribution in [0.3, 0.4) is 0 Å². The standard InChI is InChI=1S/C11H10ClNO2/c1-7(14)9(6-13)8-3-4-11(15-2)10(12)5-8/h3-5,9H,1-2H3. The Balaban J connectivity index is 3.12. The Morgan fingerprint density at radius 3 is 2.67 bits per heavy atom. The minimum absolute atomic E-state index is 0.196. The normalized spacial score (nSPS) is 11.6. The number of methoxy groups -OCH3 is 1. The molecule has 0 aliphatic heterocycles. The number of carbonyl (C=O) groups excluding carboxylic acids is 1. The van der Waals surface area contributed by atoms with Crippen LogP contribution in [0.25, 0.3) is 0 Å². The third kappa shape index (κ3) is 2.48. The zero-order valence-electron chi connectivity index (χ0n) is 8.45. The van der Waals surface area contributed by atoms with Crippen molar-refractivity contribution >= 4 is 17.4 Å². The van der Waals surface area contributed by atoms with Crippen molar-refractivity contribution in [3.05, 3.63) is 28.8 Å². The van der Waals surface area contributed by atoms with Gasteiger partial charge in [0.2, 0.25) is 0 Å². The molecule has 0 amide bonds. The highest BCUT2D eigenvalue weighted by atomic mass is 35.5. The van der Waals surface area contributed by atoms with E-state index in [0.29, 0.717) is 16.3 Å². The Hall–Kier alpha value is -1.53. The van der Waals surface area contributed by atoms with Crippen LogP contribution in [-0.2, 0) is 4.79 Å². The van der Waals surface area contributed by atoms with Crippen LogP contribution in [0.2, 0.25) is 5.02 Å². The zero-order valence-corrected chi connectivity index (χ0v) is 9.21. The summed E-state index contributed by atoms with van der Waals surface area (Å²) in [6.45, 7) is 1.38. The fourth-order valence-corrected chi connectivity index (χ4v) is 1.53. The topological polar surface area (TPSA) is 50.1 Å². The lowest BCUT2D eigenvalue weighted by Gasteiger charge is -2.08. The molecule has 3 nitrogen and oxygen atoms in total. The summed E-state index contributed by atoms with van der Waals surface area (Å²) < 4.78 is 4.97. The quantitative estimate of drug-likeness (QED) is 0.791. The summed E-state index contributed by atoms with van der Waals surface area (Å²) in [6.07, 6.45) is 0. The molecule has 0 heterocycles. The van der Waals surface area contributed by atoms with Crippen molar-refractivity contribution < 1.29 is 9.53 Å². The van der Waals surface area contributed by atoms with E-state index in [1.807, 2.05) is 6.07 Å². The predicted octanol–water partition coefficient (Wildman–Crippen LogP) is 2.54. The van der Waals surface area contributed by atoms with E-state index in [-0.39, 0.29) is 5.78 Å². The molecule has 0 radical (unpaired) electrons. The molecular formula is C11H10ClNO2. The molecule has 1 rings (SSSR count). The van der Waals surface area contributed by atoms with Crippen LogP contribution in [0, 0.1) is 11.3 Å². The first-order valence-electron chi connectivity index (χ1n) is 4.33. The second kappa shape index (κ2) is 4.81. The van der Waals surface area contributed by atoms with Gasteiger partial charge in [-0.1, -0.05) is 17.7 Å². The van der Waals surface area contributed by atoms with Gasteiger partial charge in [0.15, 0.2) is 5.78 Å². The molecule has 0 bridgehead atoms. The largest absolute Gasteiger partial charge is 0.495 e. The van der Waals surface area contributed by atoms with Crippen molar-refractivity contribution in [2.75, 3.05) is 7.11 Å². The van der Waals surface area contributed by atoms with Crippen molar-refractivity contribution in [2.45, 2.75) is 12.8 Å². The van der Waals surface area contributed by atoms with Gasteiger partial charge in [-0.2, -0.15) is 5.26 Å². The lowest BCUT2D eigenvalue weighted by atomic mass is 9.97. The Bertz CT molecular complexity index is 423. The summed E-state index contributed by atoms with van der Waals surface area (Å²) in [7, 11) is 1.51. The Morgan fingerprint density at radius 2 is 2.27 bits per heavy atom. The van der Waals surface area contributed by atoms with Gasteiger partial charge in [0.1, 0.15) is 11.7 Å². The fraction of sp³-hybridized carbons (Fsp3) is 0.273. The number of halogens is 1. The first-order chi connectivity index (χ1) is 7.10. The monoisotopic (exact) mass is 223 g/mol. The molecule has 1 aromatic carbocycles. The lowest BCUT2D eigenvalue weighted by Crippen LogP contribution is -2.06. The van der Waals surface area contributed by atoms with E-state index in [1.165, 1.54) is 14.0 Å². The number of carbonyl (C=O) groups is 1. The van der Waals surface area contributed by atoms with E-state index < -0.39 is 5.92 Å². The SMILES string of the molecule is COc1ccc(C(C#N)C(C)=O)cc1Cl. The van der Waals surface area contributed by atoms with Crippen LogP contribution >= 0.6 is 11.6 Å². The van der Waals surface area contributed by atoms with Crippen molar-refractivity contribution in [2.24, 2.45) is 0 Å². The molecule has 1 atom stereocenters. The van der Waals surface area contributed by atoms with Crippen LogP contribution in [0.5, 0.6) is 5.75 Å². The van der Waals surface area contributed by atoms with Gasteiger partial charge >= 0.3 is 0 Å². The van der Waals surface area contributed by atoms with Gasteiger partial charge < -0.3 is 4.74 Å². The molecule has 15 heavy (non-hydrogen) atoms. The van der Waals surface area contributed by atoms with E-state index in [1.54, 1.807) is 18.2 Å². The summed E-state index contributed by atoms with van der Waals surface area (Å²) in [4.78, 5) is 11.1. The molecule has 0 aromatic heterocycles. The number of nitrogens with zero attached hydrogens (tertiary/aromatic N) is 1. The number of hydrogen-bond acceptors (Lipinski definition) is 3. The predicted molar refractivity (Wildman–Crippen MR) is 57.0 cm³/mol. The molecule has 1 aromatic rings. The van der Waals surface area contributed by atoms with E-state index >= 15 is 0 Å². The maximum Gasteiger partial charge on any atom is 0.151 e. The van der Waals surface area contributed by atoms with Crippen molar-refractivity contribution in [1.82, 2.24) is 0 Å². The lowest BCUT2D eigenvalue weighted by molar-refractivity contribution is -0.117. The van der Waals surface area contributed by atoms with Gasteiger partial charge in [0, 0.05) is 0 Å². The minimum atomic E-state index is -0.756. The summed E-state index contributed by atoms with van der Waals surface area (Å²) in [5.41, 5.74) is 0.593. The average molecular weight is 224 g/mol. The van der Waals surface area contributed by atoms with Gasteiger partial charge in [-0.15, -0.1) is 0 Å². The van der Waals surface area contributed by atoms with E-state index in [2.05, 4.69) is 0 Å². The summed E-state index contributed by atoms with van der Waals surface area (Å²) in [6, 6.07) is 6.82. The van der Waals surface area contributed by atoms with Gasteiger partial charge in [-0.3, -0.25) is 4.79 Å². The van der Waals surface area contributed by atoms with E-state index in [9.17, 15) is 4.79 Å². The van der Waals surface area contributed by atoms with Crippen molar-refractivity contribution in [3.8, 4) is 11.8 Å². The van der Waals surface area contributed by atoms with Gasteiger partial charge in [0.05, 0.1) is 18.2 Å². The first kappa shape index (κ1) is 11.5. The van der Waals surface area contributed by atoms with Crippen LogP contribution in [0.15, 0.2) is 18.2 Å². The Kier molecular flexibility index (Phi) is 3.70. The maximum absolute atomic E-state index is 11.1. The van der Waals surface area contributed by atoms with Crippen LogP contribution < -0.4 is 4.74 Å². The van der Waals surface area contributed by atoms with E-state index in [0.717, 1.165) is 0 Å².